The highest BCUT2D eigenvalue weighted by Crippen LogP contribution is 2.19. The Morgan fingerprint density at radius 2 is 1.62 bits per heavy atom. The van der Waals surface area contributed by atoms with Crippen molar-refractivity contribution in [3.8, 4) is 0 Å². The SMILES string of the molecule is CC(C)c1ccc(C(C)NCc2cc(F)cc(Cl)c2)cc1. The largest absolute Gasteiger partial charge is 0.306 e. The molecule has 112 valence electrons. The molecule has 0 aromatic heterocycles. The third-order valence-electron chi connectivity index (χ3n) is 3.64. The standard InChI is InChI=1S/C18H21ClFN/c1-12(2)15-4-6-16(7-5-15)13(3)21-11-14-8-17(19)10-18(20)9-14/h4-10,12-13,21H,11H2,1-3H3. The average molecular weight is 306 g/mol. The highest BCUT2D eigenvalue weighted by Gasteiger charge is 2.07. The molecule has 0 amide bonds. The normalized spacial score (nSPS) is 12.7. The maximum Gasteiger partial charge on any atom is 0.125 e. The second-order valence-electron chi connectivity index (χ2n) is 5.70. The zero-order valence-electron chi connectivity index (χ0n) is 12.7. The first-order valence-corrected chi connectivity index (χ1v) is 7.61. The first-order valence-electron chi connectivity index (χ1n) is 7.24. The Bertz CT molecular complexity index is 572. The van der Waals surface area contributed by atoms with Gasteiger partial charge in [-0.1, -0.05) is 49.7 Å². The van der Waals surface area contributed by atoms with E-state index in [4.69, 9.17) is 11.6 Å². The molecule has 0 aliphatic heterocycles. The highest BCUT2D eigenvalue weighted by atomic mass is 35.5. The summed E-state index contributed by atoms with van der Waals surface area (Å²) in [4.78, 5) is 0. The molecule has 0 radical (unpaired) electrons. The minimum atomic E-state index is -0.298. The van der Waals surface area contributed by atoms with E-state index in [0.29, 0.717) is 17.5 Å². The molecule has 1 atom stereocenters. The van der Waals surface area contributed by atoms with Crippen LogP contribution in [-0.4, -0.2) is 0 Å². The molecule has 3 heteroatoms. The maximum atomic E-state index is 13.3. The third kappa shape index (κ3) is 4.55. The molecule has 0 bridgehead atoms. The summed E-state index contributed by atoms with van der Waals surface area (Å²) in [5, 5.41) is 3.82. The number of hydrogen-bond acceptors (Lipinski definition) is 1. The number of hydrogen-bond donors (Lipinski definition) is 1. The lowest BCUT2D eigenvalue weighted by atomic mass is 9.99. The first-order chi connectivity index (χ1) is 9.95. The Morgan fingerprint density at radius 3 is 2.19 bits per heavy atom. The fourth-order valence-electron chi connectivity index (χ4n) is 2.27. The molecule has 1 nitrogen and oxygen atoms in total. The zero-order valence-corrected chi connectivity index (χ0v) is 13.4. The second-order valence-corrected chi connectivity index (χ2v) is 6.14. The van der Waals surface area contributed by atoms with Crippen molar-refractivity contribution in [2.75, 3.05) is 0 Å². The molecule has 2 rings (SSSR count). The molecule has 2 aromatic carbocycles. The molecular formula is C18H21ClFN. The molecule has 1 unspecified atom stereocenters. The predicted molar refractivity (Wildman–Crippen MR) is 87.2 cm³/mol. The van der Waals surface area contributed by atoms with E-state index in [1.807, 2.05) is 0 Å². The van der Waals surface area contributed by atoms with E-state index < -0.39 is 0 Å². The highest BCUT2D eigenvalue weighted by molar-refractivity contribution is 6.30. The Balaban J connectivity index is 1.99. The summed E-state index contributed by atoms with van der Waals surface area (Å²) in [6.07, 6.45) is 0. The summed E-state index contributed by atoms with van der Waals surface area (Å²) in [5.41, 5.74) is 3.41. The van der Waals surface area contributed by atoms with Gasteiger partial charge in [0.15, 0.2) is 0 Å². The molecule has 0 heterocycles. The van der Waals surface area contributed by atoms with Gasteiger partial charge in [0.25, 0.3) is 0 Å². The van der Waals surface area contributed by atoms with Crippen LogP contribution in [0.15, 0.2) is 42.5 Å². The average Bonchev–Trinajstić information content (AvgIpc) is 2.44. The van der Waals surface area contributed by atoms with Crippen molar-refractivity contribution in [3.63, 3.8) is 0 Å². The fraction of sp³-hybridized carbons (Fsp3) is 0.333. The topological polar surface area (TPSA) is 12.0 Å². The molecule has 0 fully saturated rings. The van der Waals surface area contributed by atoms with E-state index in [1.165, 1.54) is 23.3 Å². The van der Waals surface area contributed by atoms with Crippen molar-refractivity contribution in [2.24, 2.45) is 0 Å². The summed E-state index contributed by atoms with van der Waals surface area (Å²) < 4.78 is 13.3. The lowest BCUT2D eigenvalue weighted by Crippen LogP contribution is -2.18. The molecule has 21 heavy (non-hydrogen) atoms. The van der Waals surface area contributed by atoms with E-state index in [9.17, 15) is 4.39 Å². The molecule has 0 saturated carbocycles. The van der Waals surface area contributed by atoms with Crippen LogP contribution in [0.4, 0.5) is 4.39 Å². The van der Waals surface area contributed by atoms with E-state index in [2.05, 4.69) is 50.4 Å². The summed E-state index contributed by atoms with van der Waals surface area (Å²) in [6.45, 7) is 7.06. The van der Waals surface area contributed by atoms with Gasteiger partial charge in [0.05, 0.1) is 0 Å². The summed E-state index contributed by atoms with van der Waals surface area (Å²) in [7, 11) is 0. The third-order valence-corrected chi connectivity index (χ3v) is 3.86. The van der Waals surface area contributed by atoms with Crippen LogP contribution in [0.25, 0.3) is 0 Å². The van der Waals surface area contributed by atoms with Crippen LogP contribution in [0, 0.1) is 5.82 Å². The minimum absolute atomic E-state index is 0.202. The van der Waals surface area contributed by atoms with Crippen LogP contribution in [-0.2, 0) is 6.54 Å². The smallest absolute Gasteiger partial charge is 0.125 e. The Hall–Kier alpha value is -1.38. The number of benzene rings is 2. The van der Waals surface area contributed by atoms with Crippen molar-refractivity contribution in [1.82, 2.24) is 5.32 Å². The summed E-state index contributed by atoms with van der Waals surface area (Å²) >= 11 is 5.86. The molecule has 0 aliphatic carbocycles. The predicted octanol–water partition coefficient (Wildman–Crippen LogP) is 5.45. The quantitative estimate of drug-likeness (QED) is 0.774. The van der Waals surface area contributed by atoms with Crippen molar-refractivity contribution >= 4 is 11.6 Å². The Labute approximate surface area is 131 Å². The minimum Gasteiger partial charge on any atom is -0.306 e. The monoisotopic (exact) mass is 305 g/mol. The number of halogens is 2. The van der Waals surface area contributed by atoms with E-state index in [-0.39, 0.29) is 11.9 Å². The molecular weight excluding hydrogens is 285 g/mol. The molecule has 0 spiro atoms. The zero-order chi connectivity index (χ0) is 15.4. The van der Waals surface area contributed by atoms with Crippen LogP contribution in [0.5, 0.6) is 0 Å². The van der Waals surface area contributed by atoms with Gasteiger partial charge >= 0.3 is 0 Å². The lowest BCUT2D eigenvalue weighted by Gasteiger charge is -2.16. The lowest BCUT2D eigenvalue weighted by molar-refractivity contribution is 0.569. The maximum absolute atomic E-state index is 13.3. The van der Waals surface area contributed by atoms with Gasteiger partial charge in [-0.25, -0.2) is 4.39 Å². The van der Waals surface area contributed by atoms with Gasteiger partial charge in [0.2, 0.25) is 0 Å². The summed E-state index contributed by atoms with van der Waals surface area (Å²) in [5.74, 6) is 0.241. The molecule has 2 aromatic rings. The fourth-order valence-corrected chi connectivity index (χ4v) is 2.52. The van der Waals surface area contributed by atoms with Crippen LogP contribution in [0.1, 0.15) is 49.4 Å². The van der Waals surface area contributed by atoms with E-state index >= 15 is 0 Å². The number of nitrogens with one attached hydrogen (secondary N) is 1. The van der Waals surface area contributed by atoms with Gasteiger partial charge in [-0.2, -0.15) is 0 Å². The van der Waals surface area contributed by atoms with Gasteiger partial charge in [-0.15, -0.1) is 0 Å². The van der Waals surface area contributed by atoms with Crippen LogP contribution >= 0.6 is 11.6 Å². The van der Waals surface area contributed by atoms with Gasteiger partial charge in [-0.3, -0.25) is 0 Å². The summed E-state index contributed by atoms with van der Waals surface area (Å²) in [6, 6.07) is 13.4. The van der Waals surface area contributed by atoms with E-state index in [1.54, 1.807) is 6.07 Å². The van der Waals surface area contributed by atoms with Gasteiger partial charge < -0.3 is 5.32 Å². The van der Waals surface area contributed by atoms with Crippen LogP contribution < -0.4 is 5.32 Å². The Morgan fingerprint density at radius 1 is 1.00 bits per heavy atom. The van der Waals surface area contributed by atoms with Crippen LogP contribution in [0.2, 0.25) is 5.02 Å². The van der Waals surface area contributed by atoms with Gasteiger partial charge in [0, 0.05) is 17.6 Å². The second kappa shape index (κ2) is 7.06. The number of rotatable bonds is 5. The van der Waals surface area contributed by atoms with Crippen molar-refractivity contribution in [3.05, 3.63) is 70.0 Å². The van der Waals surface area contributed by atoms with Gasteiger partial charge in [-0.05, 0) is 47.7 Å². The molecule has 0 aliphatic rings. The molecule has 1 N–H and O–H groups in total. The molecule has 0 saturated heterocycles. The first kappa shape index (κ1) is 16.0. The van der Waals surface area contributed by atoms with Crippen LogP contribution in [0.3, 0.4) is 0 Å². The van der Waals surface area contributed by atoms with E-state index in [0.717, 1.165) is 5.56 Å². The van der Waals surface area contributed by atoms with Crippen molar-refractivity contribution in [2.45, 2.75) is 39.3 Å². The van der Waals surface area contributed by atoms with Crippen molar-refractivity contribution < 1.29 is 4.39 Å². The van der Waals surface area contributed by atoms with Crippen molar-refractivity contribution in [1.29, 1.82) is 0 Å². The Kier molecular flexibility index (Phi) is 5.38. The van der Waals surface area contributed by atoms with Gasteiger partial charge in [0.1, 0.15) is 5.82 Å².